The maximum absolute atomic E-state index is 12.2. The Morgan fingerprint density at radius 3 is 2.85 bits per heavy atom. The summed E-state index contributed by atoms with van der Waals surface area (Å²) in [4.78, 5) is 24.5. The number of methoxy groups -OCH3 is 1. The molecule has 0 aromatic heterocycles. The average Bonchev–Trinajstić information content (AvgIpc) is 2.81. The first-order valence-corrected chi connectivity index (χ1v) is 6.34. The van der Waals surface area contributed by atoms with Gasteiger partial charge in [0.2, 0.25) is 5.91 Å². The molecule has 0 spiro atoms. The van der Waals surface area contributed by atoms with Crippen molar-refractivity contribution in [3.63, 3.8) is 0 Å². The number of aliphatic hydroxyl groups is 1. The lowest BCUT2D eigenvalue weighted by atomic mass is 10.1. The molecule has 1 aliphatic heterocycles. The van der Waals surface area contributed by atoms with Crippen LogP contribution in [0.5, 0.6) is 5.75 Å². The number of ether oxygens (including phenoxy) is 1. The van der Waals surface area contributed by atoms with Crippen molar-refractivity contribution >= 4 is 11.9 Å². The number of carbonyl (C=O) groups excluding carboxylic acids is 1. The number of aliphatic hydroxyl groups excluding tert-OH is 1. The first kappa shape index (κ1) is 14.3. The third-order valence-corrected chi connectivity index (χ3v) is 3.37. The van der Waals surface area contributed by atoms with E-state index >= 15 is 0 Å². The lowest BCUT2D eigenvalue weighted by Gasteiger charge is -2.21. The van der Waals surface area contributed by atoms with E-state index in [0.717, 1.165) is 5.56 Å². The van der Waals surface area contributed by atoms with E-state index in [4.69, 9.17) is 9.84 Å². The topological polar surface area (TPSA) is 87.1 Å². The second-order valence-electron chi connectivity index (χ2n) is 4.82. The number of carbonyl (C=O) groups is 2. The summed E-state index contributed by atoms with van der Waals surface area (Å²) in [5.41, 5.74) is 0.750. The van der Waals surface area contributed by atoms with E-state index < -0.39 is 18.1 Å². The van der Waals surface area contributed by atoms with Crippen molar-refractivity contribution in [2.24, 2.45) is 0 Å². The Morgan fingerprint density at radius 1 is 1.45 bits per heavy atom. The number of amides is 1. The molecule has 1 aromatic rings. The number of benzene rings is 1. The van der Waals surface area contributed by atoms with E-state index in [1.807, 2.05) is 0 Å². The molecule has 0 radical (unpaired) electrons. The van der Waals surface area contributed by atoms with Gasteiger partial charge in [0, 0.05) is 13.0 Å². The van der Waals surface area contributed by atoms with Crippen LogP contribution in [0.2, 0.25) is 0 Å². The smallest absolute Gasteiger partial charge is 0.326 e. The van der Waals surface area contributed by atoms with Gasteiger partial charge in [-0.3, -0.25) is 4.79 Å². The Hall–Kier alpha value is -2.08. The van der Waals surface area contributed by atoms with Crippen LogP contribution in [0.25, 0.3) is 0 Å². The Kier molecular flexibility index (Phi) is 4.24. The van der Waals surface area contributed by atoms with Crippen LogP contribution in [-0.4, -0.2) is 52.8 Å². The second-order valence-corrected chi connectivity index (χ2v) is 4.82. The standard InChI is InChI=1S/C14H17NO5/c1-20-11-4-2-3-9(5-11)6-13(17)15-8-10(16)7-12(15)14(18)19/h2-5,10,12,16H,6-8H2,1H3,(H,18,19)/t10-,12-/m1/s1. The van der Waals surface area contributed by atoms with Crippen molar-refractivity contribution in [3.05, 3.63) is 29.8 Å². The van der Waals surface area contributed by atoms with Crippen LogP contribution in [0.3, 0.4) is 0 Å². The maximum Gasteiger partial charge on any atom is 0.326 e. The van der Waals surface area contributed by atoms with E-state index in [0.29, 0.717) is 5.75 Å². The molecule has 0 aliphatic carbocycles. The van der Waals surface area contributed by atoms with Gasteiger partial charge in [-0.25, -0.2) is 4.79 Å². The zero-order chi connectivity index (χ0) is 14.7. The van der Waals surface area contributed by atoms with Gasteiger partial charge in [0.15, 0.2) is 0 Å². The van der Waals surface area contributed by atoms with Gasteiger partial charge in [-0.2, -0.15) is 0 Å². The number of hydrogen-bond donors (Lipinski definition) is 2. The molecule has 1 fully saturated rings. The predicted molar refractivity (Wildman–Crippen MR) is 70.5 cm³/mol. The van der Waals surface area contributed by atoms with Crippen LogP contribution in [0.1, 0.15) is 12.0 Å². The molecular weight excluding hydrogens is 262 g/mol. The number of rotatable bonds is 4. The van der Waals surface area contributed by atoms with Crippen LogP contribution in [0.4, 0.5) is 0 Å². The van der Waals surface area contributed by atoms with Crippen LogP contribution in [0, 0.1) is 0 Å². The molecule has 0 saturated carbocycles. The van der Waals surface area contributed by atoms with Crippen LogP contribution >= 0.6 is 0 Å². The van der Waals surface area contributed by atoms with Gasteiger partial charge in [-0.15, -0.1) is 0 Å². The van der Waals surface area contributed by atoms with Gasteiger partial charge in [0.25, 0.3) is 0 Å². The molecule has 2 rings (SSSR count). The molecular formula is C14H17NO5. The molecule has 1 aliphatic rings. The van der Waals surface area contributed by atoms with E-state index in [-0.39, 0.29) is 25.3 Å². The number of carboxylic acid groups (broad SMARTS) is 1. The Morgan fingerprint density at radius 2 is 2.20 bits per heavy atom. The Labute approximate surface area is 116 Å². The zero-order valence-electron chi connectivity index (χ0n) is 11.2. The molecule has 1 heterocycles. The lowest BCUT2D eigenvalue weighted by molar-refractivity contribution is -0.148. The largest absolute Gasteiger partial charge is 0.497 e. The van der Waals surface area contributed by atoms with Crippen molar-refractivity contribution in [3.8, 4) is 5.75 Å². The van der Waals surface area contributed by atoms with E-state index in [2.05, 4.69) is 0 Å². The number of aliphatic carboxylic acids is 1. The van der Waals surface area contributed by atoms with E-state index in [1.165, 1.54) is 12.0 Å². The minimum absolute atomic E-state index is 0.0692. The van der Waals surface area contributed by atoms with Gasteiger partial charge in [0.05, 0.1) is 19.6 Å². The van der Waals surface area contributed by atoms with Gasteiger partial charge < -0.3 is 19.8 Å². The van der Waals surface area contributed by atoms with Gasteiger partial charge in [-0.1, -0.05) is 12.1 Å². The Bertz CT molecular complexity index is 516. The highest BCUT2D eigenvalue weighted by molar-refractivity contribution is 5.85. The van der Waals surface area contributed by atoms with Crippen LogP contribution < -0.4 is 4.74 Å². The molecule has 0 bridgehead atoms. The highest BCUT2D eigenvalue weighted by atomic mass is 16.5. The monoisotopic (exact) mass is 279 g/mol. The van der Waals surface area contributed by atoms with Crippen LogP contribution in [-0.2, 0) is 16.0 Å². The number of hydrogen-bond acceptors (Lipinski definition) is 4. The number of carboxylic acids is 1. The van der Waals surface area contributed by atoms with Gasteiger partial charge in [0.1, 0.15) is 11.8 Å². The first-order valence-electron chi connectivity index (χ1n) is 6.34. The molecule has 6 nitrogen and oxygen atoms in total. The van der Waals surface area contributed by atoms with E-state index in [1.54, 1.807) is 24.3 Å². The van der Waals surface area contributed by atoms with E-state index in [9.17, 15) is 14.7 Å². The van der Waals surface area contributed by atoms with Crippen LogP contribution in [0.15, 0.2) is 24.3 Å². The molecule has 2 N–H and O–H groups in total. The zero-order valence-corrected chi connectivity index (χ0v) is 11.2. The fraction of sp³-hybridized carbons (Fsp3) is 0.429. The molecule has 6 heteroatoms. The van der Waals surface area contributed by atoms with Crippen molar-refractivity contribution in [2.45, 2.75) is 25.0 Å². The fourth-order valence-corrected chi connectivity index (χ4v) is 2.38. The quantitative estimate of drug-likeness (QED) is 0.827. The highest BCUT2D eigenvalue weighted by Gasteiger charge is 2.38. The molecule has 0 unspecified atom stereocenters. The SMILES string of the molecule is COc1cccc(CC(=O)N2C[C@H](O)C[C@@H]2C(=O)O)c1. The number of β-amino-alcohol motifs (C(OH)–C–C–N with tert-alkyl or cyclic N) is 1. The normalized spacial score (nSPS) is 21.8. The van der Waals surface area contributed by atoms with Gasteiger partial charge in [-0.05, 0) is 17.7 Å². The number of nitrogens with zero attached hydrogens (tertiary/aromatic N) is 1. The summed E-state index contributed by atoms with van der Waals surface area (Å²) in [7, 11) is 1.54. The highest BCUT2D eigenvalue weighted by Crippen LogP contribution is 2.20. The summed E-state index contributed by atoms with van der Waals surface area (Å²) in [5.74, 6) is -0.741. The molecule has 108 valence electrons. The van der Waals surface area contributed by atoms with Gasteiger partial charge >= 0.3 is 5.97 Å². The summed E-state index contributed by atoms with van der Waals surface area (Å²) in [5, 5.41) is 18.6. The third kappa shape index (κ3) is 3.08. The fourth-order valence-electron chi connectivity index (χ4n) is 2.38. The van der Waals surface area contributed by atoms with Crippen molar-refractivity contribution in [1.82, 2.24) is 4.90 Å². The summed E-state index contributed by atoms with van der Waals surface area (Å²) >= 11 is 0. The minimum Gasteiger partial charge on any atom is -0.497 e. The summed E-state index contributed by atoms with van der Waals surface area (Å²) in [6.07, 6.45) is -0.599. The summed E-state index contributed by atoms with van der Waals surface area (Å²) in [6.45, 7) is 0.0692. The molecule has 1 amide bonds. The summed E-state index contributed by atoms with van der Waals surface area (Å²) < 4.78 is 5.08. The van der Waals surface area contributed by atoms with Crippen molar-refractivity contribution < 1.29 is 24.5 Å². The Balaban J connectivity index is 2.09. The third-order valence-electron chi connectivity index (χ3n) is 3.37. The predicted octanol–water partition coefficient (Wildman–Crippen LogP) is 0.284. The second kappa shape index (κ2) is 5.92. The molecule has 2 atom stereocenters. The molecule has 1 saturated heterocycles. The molecule has 1 aromatic carbocycles. The van der Waals surface area contributed by atoms with Crippen molar-refractivity contribution in [2.75, 3.05) is 13.7 Å². The maximum atomic E-state index is 12.2. The minimum atomic E-state index is -1.08. The number of likely N-dealkylation sites (tertiary alicyclic amines) is 1. The summed E-state index contributed by atoms with van der Waals surface area (Å²) in [6, 6.07) is 6.12. The van der Waals surface area contributed by atoms with Crippen molar-refractivity contribution in [1.29, 1.82) is 0 Å². The average molecular weight is 279 g/mol. The lowest BCUT2D eigenvalue weighted by Crippen LogP contribution is -2.41. The first-order chi connectivity index (χ1) is 9.51. The molecule has 20 heavy (non-hydrogen) atoms.